The summed E-state index contributed by atoms with van der Waals surface area (Å²) in [6.45, 7) is 6.45. The lowest BCUT2D eigenvalue weighted by Gasteiger charge is -2.22. The van der Waals surface area contributed by atoms with Crippen molar-refractivity contribution < 1.29 is 14.3 Å². The molecule has 1 aliphatic rings. The highest BCUT2D eigenvalue weighted by Gasteiger charge is 2.31. The van der Waals surface area contributed by atoms with Crippen LogP contribution < -0.4 is 0 Å². The van der Waals surface area contributed by atoms with Crippen LogP contribution in [0.4, 0.5) is 0 Å². The van der Waals surface area contributed by atoms with Gasteiger partial charge in [0.05, 0.1) is 19.4 Å². The monoisotopic (exact) mass is 327 g/mol. The molecule has 6 nitrogen and oxygen atoms in total. The molecule has 0 atom stereocenters. The SMILES string of the molecule is COC(=O)CN1N=C(C(C)(C)C)Cn2c(cc3ccccc32)C1=O. The van der Waals surface area contributed by atoms with Gasteiger partial charge in [0, 0.05) is 16.3 Å². The van der Waals surface area contributed by atoms with Crippen LogP contribution in [-0.4, -0.2) is 40.8 Å². The third kappa shape index (κ3) is 2.79. The van der Waals surface area contributed by atoms with Gasteiger partial charge in [0.15, 0.2) is 0 Å². The van der Waals surface area contributed by atoms with Crippen molar-refractivity contribution in [3.63, 3.8) is 0 Å². The van der Waals surface area contributed by atoms with Gasteiger partial charge in [-0.05, 0) is 12.1 Å². The van der Waals surface area contributed by atoms with Crippen LogP contribution in [0.15, 0.2) is 35.4 Å². The minimum Gasteiger partial charge on any atom is -0.468 e. The van der Waals surface area contributed by atoms with E-state index in [2.05, 4.69) is 5.10 Å². The van der Waals surface area contributed by atoms with Crippen molar-refractivity contribution in [2.24, 2.45) is 10.5 Å². The lowest BCUT2D eigenvalue weighted by Crippen LogP contribution is -2.33. The summed E-state index contributed by atoms with van der Waals surface area (Å²) in [6.07, 6.45) is 0. The first-order valence-electron chi connectivity index (χ1n) is 7.86. The van der Waals surface area contributed by atoms with Crippen molar-refractivity contribution in [2.45, 2.75) is 27.3 Å². The van der Waals surface area contributed by atoms with Gasteiger partial charge in [0.1, 0.15) is 12.2 Å². The molecular formula is C18H21N3O3. The normalized spacial score (nSPS) is 15.1. The van der Waals surface area contributed by atoms with Crippen molar-refractivity contribution in [2.75, 3.05) is 13.7 Å². The van der Waals surface area contributed by atoms with E-state index in [0.717, 1.165) is 16.6 Å². The first-order valence-corrected chi connectivity index (χ1v) is 7.86. The van der Waals surface area contributed by atoms with E-state index in [9.17, 15) is 9.59 Å². The third-order valence-electron chi connectivity index (χ3n) is 4.19. The summed E-state index contributed by atoms with van der Waals surface area (Å²) in [6, 6.07) is 9.71. The molecule has 0 fully saturated rings. The Balaban J connectivity index is 2.16. The van der Waals surface area contributed by atoms with Crippen molar-refractivity contribution in [3.05, 3.63) is 36.0 Å². The Morgan fingerprint density at radius 1 is 1.29 bits per heavy atom. The number of hydrogen-bond donors (Lipinski definition) is 0. The van der Waals surface area contributed by atoms with E-state index in [1.54, 1.807) is 0 Å². The van der Waals surface area contributed by atoms with Gasteiger partial charge >= 0.3 is 5.97 Å². The molecule has 2 heterocycles. The van der Waals surface area contributed by atoms with E-state index in [4.69, 9.17) is 4.74 Å². The number of benzene rings is 1. The zero-order valence-corrected chi connectivity index (χ0v) is 14.4. The van der Waals surface area contributed by atoms with Gasteiger partial charge in [0.2, 0.25) is 0 Å². The standard InChI is InChI=1S/C18H21N3O3/c1-18(2,3)15-10-20-13-8-6-5-7-12(13)9-14(20)17(23)21(19-15)11-16(22)24-4/h5-9H,10-11H2,1-4H3. The van der Waals surface area contributed by atoms with Crippen LogP contribution in [0.5, 0.6) is 0 Å². The van der Waals surface area contributed by atoms with Gasteiger partial charge in [-0.2, -0.15) is 5.10 Å². The van der Waals surface area contributed by atoms with Crippen LogP contribution in [0.1, 0.15) is 31.3 Å². The number of carbonyl (C=O) groups is 2. The number of nitrogens with zero attached hydrogens (tertiary/aromatic N) is 3. The number of esters is 1. The minimum absolute atomic E-state index is 0.198. The molecule has 2 aromatic rings. The second kappa shape index (κ2) is 5.78. The Morgan fingerprint density at radius 3 is 2.67 bits per heavy atom. The molecule has 126 valence electrons. The molecule has 0 saturated heterocycles. The van der Waals surface area contributed by atoms with Gasteiger partial charge in [0.25, 0.3) is 5.91 Å². The lowest BCUT2D eigenvalue weighted by molar-refractivity contribution is -0.141. The van der Waals surface area contributed by atoms with Gasteiger partial charge in [-0.25, -0.2) is 5.01 Å². The summed E-state index contributed by atoms with van der Waals surface area (Å²) in [4.78, 5) is 24.6. The molecule has 1 aromatic carbocycles. The van der Waals surface area contributed by atoms with Crippen molar-refractivity contribution in [3.8, 4) is 0 Å². The average molecular weight is 327 g/mol. The van der Waals surface area contributed by atoms with E-state index >= 15 is 0 Å². The van der Waals surface area contributed by atoms with E-state index in [1.807, 2.05) is 55.7 Å². The Labute approximate surface area is 140 Å². The number of carbonyl (C=O) groups excluding carboxylic acids is 2. The smallest absolute Gasteiger partial charge is 0.327 e. The number of aromatic nitrogens is 1. The average Bonchev–Trinajstić information content (AvgIpc) is 2.83. The zero-order chi connectivity index (χ0) is 17.5. The molecule has 1 aromatic heterocycles. The third-order valence-corrected chi connectivity index (χ3v) is 4.19. The van der Waals surface area contributed by atoms with Crippen LogP contribution >= 0.6 is 0 Å². The molecule has 1 aliphatic heterocycles. The summed E-state index contributed by atoms with van der Waals surface area (Å²) >= 11 is 0. The fraction of sp³-hybridized carbons (Fsp3) is 0.389. The molecule has 0 saturated carbocycles. The Bertz CT molecular complexity index is 843. The Kier molecular flexibility index (Phi) is 3.91. The Morgan fingerprint density at radius 2 is 2.00 bits per heavy atom. The fourth-order valence-corrected chi connectivity index (χ4v) is 2.74. The molecule has 6 heteroatoms. The number of amides is 1. The topological polar surface area (TPSA) is 63.9 Å². The van der Waals surface area contributed by atoms with Crippen LogP contribution in [0, 0.1) is 5.41 Å². The maximum Gasteiger partial charge on any atom is 0.327 e. The molecule has 0 radical (unpaired) electrons. The summed E-state index contributed by atoms with van der Waals surface area (Å²) in [5.41, 5.74) is 2.11. The predicted molar refractivity (Wildman–Crippen MR) is 91.9 cm³/mol. The number of rotatable bonds is 2. The van der Waals surface area contributed by atoms with Crippen molar-refractivity contribution >= 4 is 28.5 Å². The second-order valence-electron chi connectivity index (χ2n) is 6.91. The second-order valence-corrected chi connectivity index (χ2v) is 6.91. The largest absolute Gasteiger partial charge is 0.468 e. The molecule has 0 N–H and O–H groups in total. The van der Waals surface area contributed by atoms with E-state index in [-0.39, 0.29) is 17.9 Å². The van der Waals surface area contributed by atoms with Crippen LogP contribution in [0.3, 0.4) is 0 Å². The fourth-order valence-electron chi connectivity index (χ4n) is 2.74. The summed E-state index contributed by atoms with van der Waals surface area (Å²) in [5.74, 6) is -0.791. The minimum atomic E-state index is -0.495. The van der Waals surface area contributed by atoms with Crippen LogP contribution in [0.2, 0.25) is 0 Å². The number of para-hydroxylation sites is 1. The molecule has 3 rings (SSSR count). The van der Waals surface area contributed by atoms with E-state index < -0.39 is 5.97 Å². The molecular weight excluding hydrogens is 306 g/mol. The highest BCUT2D eigenvalue weighted by molar-refractivity contribution is 6.03. The summed E-state index contributed by atoms with van der Waals surface area (Å²) in [7, 11) is 1.30. The number of ether oxygens (including phenoxy) is 1. The van der Waals surface area contributed by atoms with Crippen LogP contribution in [0.25, 0.3) is 10.9 Å². The summed E-state index contributed by atoms with van der Waals surface area (Å²) in [5, 5.41) is 6.70. The maximum absolute atomic E-state index is 12.9. The number of methoxy groups -OCH3 is 1. The highest BCUT2D eigenvalue weighted by atomic mass is 16.5. The molecule has 0 bridgehead atoms. The van der Waals surface area contributed by atoms with Crippen molar-refractivity contribution in [1.29, 1.82) is 0 Å². The number of hydrogen-bond acceptors (Lipinski definition) is 4. The lowest BCUT2D eigenvalue weighted by atomic mass is 9.90. The quantitative estimate of drug-likeness (QED) is 0.797. The molecule has 0 unspecified atom stereocenters. The Hall–Kier alpha value is -2.63. The highest BCUT2D eigenvalue weighted by Crippen LogP contribution is 2.27. The first-order chi connectivity index (χ1) is 11.3. The van der Waals surface area contributed by atoms with Crippen molar-refractivity contribution in [1.82, 2.24) is 9.58 Å². The number of fused-ring (bicyclic) bond motifs is 3. The van der Waals surface area contributed by atoms with Gasteiger partial charge in [-0.15, -0.1) is 0 Å². The van der Waals surface area contributed by atoms with E-state index in [0.29, 0.717) is 12.2 Å². The zero-order valence-electron chi connectivity index (χ0n) is 14.4. The summed E-state index contributed by atoms with van der Waals surface area (Å²) < 4.78 is 6.67. The maximum atomic E-state index is 12.9. The predicted octanol–water partition coefficient (Wildman–Crippen LogP) is 2.67. The molecule has 1 amide bonds. The molecule has 0 spiro atoms. The van der Waals surface area contributed by atoms with E-state index in [1.165, 1.54) is 12.1 Å². The number of hydrazone groups is 1. The van der Waals surface area contributed by atoms with Crippen LogP contribution in [-0.2, 0) is 16.1 Å². The van der Waals surface area contributed by atoms with Gasteiger partial charge in [-0.3, -0.25) is 9.59 Å². The molecule has 24 heavy (non-hydrogen) atoms. The van der Waals surface area contributed by atoms with Gasteiger partial charge in [-0.1, -0.05) is 39.0 Å². The first kappa shape index (κ1) is 16.2. The molecule has 0 aliphatic carbocycles. The van der Waals surface area contributed by atoms with Gasteiger partial charge < -0.3 is 9.30 Å².